The Kier molecular flexibility index (Phi) is 4.50. The molecule has 84 valence electrons. The van der Waals surface area contributed by atoms with Gasteiger partial charge < -0.3 is 0 Å². The summed E-state index contributed by atoms with van der Waals surface area (Å²) in [6, 6.07) is 0. The van der Waals surface area contributed by atoms with Gasteiger partial charge in [0.05, 0.1) is 0 Å². The van der Waals surface area contributed by atoms with Crippen LogP contribution in [0.5, 0.6) is 0 Å². The third-order valence-corrected chi connectivity index (χ3v) is 3.78. The molecule has 0 atom stereocenters. The molecule has 1 fully saturated rings. The topological polar surface area (TPSA) is 0 Å². The normalized spacial score (nSPS) is 24.5. The molecule has 0 radical (unpaired) electrons. The Labute approximate surface area is 94.5 Å². The SMILES string of the molecule is C1=C2CCCCCCCCCCC2=CC1. The van der Waals surface area contributed by atoms with Crippen molar-refractivity contribution in [2.75, 3.05) is 0 Å². The Morgan fingerprint density at radius 1 is 0.533 bits per heavy atom. The van der Waals surface area contributed by atoms with Crippen molar-refractivity contribution in [3.8, 4) is 0 Å². The second kappa shape index (κ2) is 6.15. The number of rotatable bonds is 0. The molecule has 0 heterocycles. The number of hydrogen-bond donors (Lipinski definition) is 0. The van der Waals surface area contributed by atoms with E-state index in [-0.39, 0.29) is 0 Å². The average molecular weight is 204 g/mol. The highest BCUT2D eigenvalue weighted by atomic mass is 14.2. The molecule has 0 aromatic rings. The minimum absolute atomic E-state index is 1.21. The van der Waals surface area contributed by atoms with E-state index in [1.54, 1.807) is 11.1 Å². The number of fused-ring (bicyclic) bond motifs is 1. The van der Waals surface area contributed by atoms with Crippen molar-refractivity contribution in [3.63, 3.8) is 0 Å². The van der Waals surface area contributed by atoms with E-state index in [0.717, 1.165) is 0 Å². The Balaban J connectivity index is 1.86. The molecule has 2 aliphatic carbocycles. The fraction of sp³-hybridized carbons (Fsp3) is 0.733. The van der Waals surface area contributed by atoms with E-state index in [1.807, 2.05) is 0 Å². The fourth-order valence-electron chi connectivity index (χ4n) is 2.82. The first-order valence-corrected chi connectivity index (χ1v) is 6.85. The molecule has 0 aromatic carbocycles. The van der Waals surface area contributed by atoms with Crippen LogP contribution in [0, 0.1) is 0 Å². The monoisotopic (exact) mass is 204 g/mol. The van der Waals surface area contributed by atoms with E-state index in [4.69, 9.17) is 0 Å². The smallest absolute Gasteiger partial charge is 0.0157 e. The molecule has 2 aliphatic rings. The highest BCUT2D eigenvalue weighted by Gasteiger charge is 2.09. The Hall–Kier alpha value is -0.520. The molecule has 0 N–H and O–H groups in total. The maximum atomic E-state index is 2.46. The van der Waals surface area contributed by atoms with Gasteiger partial charge in [0.2, 0.25) is 0 Å². The lowest BCUT2D eigenvalue weighted by molar-refractivity contribution is 0.559. The van der Waals surface area contributed by atoms with Crippen LogP contribution in [0.15, 0.2) is 23.3 Å². The van der Waals surface area contributed by atoms with Gasteiger partial charge in [0.15, 0.2) is 0 Å². The van der Waals surface area contributed by atoms with Crippen LogP contribution in [0.2, 0.25) is 0 Å². The molecule has 0 saturated heterocycles. The Bertz CT molecular complexity index is 219. The maximum absolute atomic E-state index is 2.46. The molecule has 0 unspecified atom stereocenters. The van der Waals surface area contributed by atoms with Crippen LogP contribution in [0.1, 0.15) is 70.6 Å². The van der Waals surface area contributed by atoms with Gasteiger partial charge in [-0.1, -0.05) is 50.7 Å². The summed E-state index contributed by atoms with van der Waals surface area (Å²) in [4.78, 5) is 0. The lowest BCUT2D eigenvalue weighted by atomic mass is 9.95. The molecular formula is C15H24. The second-order valence-corrected chi connectivity index (χ2v) is 5.02. The van der Waals surface area contributed by atoms with Crippen LogP contribution in [0.4, 0.5) is 0 Å². The second-order valence-electron chi connectivity index (χ2n) is 5.02. The van der Waals surface area contributed by atoms with E-state index in [9.17, 15) is 0 Å². The summed E-state index contributed by atoms with van der Waals surface area (Å²) in [5.74, 6) is 0. The zero-order valence-corrected chi connectivity index (χ0v) is 9.93. The van der Waals surface area contributed by atoms with Crippen molar-refractivity contribution in [3.05, 3.63) is 23.3 Å². The van der Waals surface area contributed by atoms with Gasteiger partial charge in [0, 0.05) is 0 Å². The Morgan fingerprint density at radius 2 is 0.933 bits per heavy atom. The molecular weight excluding hydrogens is 180 g/mol. The minimum atomic E-state index is 1.21. The van der Waals surface area contributed by atoms with E-state index in [1.165, 1.54) is 70.6 Å². The summed E-state index contributed by atoms with van der Waals surface area (Å²) in [6.45, 7) is 0. The molecule has 1 saturated carbocycles. The van der Waals surface area contributed by atoms with Gasteiger partial charge in [0.1, 0.15) is 0 Å². The van der Waals surface area contributed by atoms with Gasteiger partial charge >= 0.3 is 0 Å². The zero-order chi connectivity index (χ0) is 10.3. The van der Waals surface area contributed by atoms with Crippen LogP contribution < -0.4 is 0 Å². The first-order chi connectivity index (χ1) is 7.47. The molecule has 15 heavy (non-hydrogen) atoms. The molecule has 0 aliphatic heterocycles. The van der Waals surface area contributed by atoms with Crippen molar-refractivity contribution in [1.82, 2.24) is 0 Å². The van der Waals surface area contributed by atoms with Crippen molar-refractivity contribution < 1.29 is 0 Å². The van der Waals surface area contributed by atoms with Crippen molar-refractivity contribution in [2.24, 2.45) is 0 Å². The lowest BCUT2D eigenvalue weighted by Crippen LogP contribution is -1.91. The standard InChI is InChI=1S/C15H24/c1-2-4-6-8-11-15-13-9-12-14(15)10-7-5-3-1/h12-13H,1-11H2. The first-order valence-electron chi connectivity index (χ1n) is 6.85. The van der Waals surface area contributed by atoms with Gasteiger partial charge in [0.25, 0.3) is 0 Å². The van der Waals surface area contributed by atoms with Gasteiger partial charge in [-0.05, 0) is 43.3 Å². The van der Waals surface area contributed by atoms with Crippen LogP contribution in [-0.4, -0.2) is 0 Å². The molecule has 0 bridgehead atoms. The highest BCUT2D eigenvalue weighted by molar-refractivity contribution is 5.36. The highest BCUT2D eigenvalue weighted by Crippen LogP contribution is 2.29. The van der Waals surface area contributed by atoms with Crippen LogP contribution >= 0.6 is 0 Å². The fourth-order valence-corrected chi connectivity index (χ4v) is 2.82. The van der Waals surface area contributed by atoms with E-state index in [2.05, 4.69) is 12.2 Å². The molecule has 0 spiro atoms. The van der Waals surface area contributed by atoms with Crippen molar-refractivity contribution >= 4 is 0 Å². The summed E-state index contributed by atoms with van der Waals surface area (Å²) >= 11 is 0. The zero-order valence-electron chi connectivity index (χ0n) is 9.93. The molecule has 2 rings (SSSR count). The summed E-state index contributed by atoms with van der Waals surface area (Å²) in [5, 5.41) is 0. The minimum Gasteiger partial charge on any atom is -0.0772 e. The Morgan fingerprint density at radius 3 is 1.40 bits per heavy atom. The quantitative estimate of drug-likeness (QED) is 0.511. The van der Waals surface area contributed by atoms with E-state index >= 15 is 0 Å². The van der Waals surface area contributed by atoms with Gasteiger partial charge in [-0.3, -0.25) is 0 Å². The average Bonchev–Trinajstić information content (AvgIpc) is 2.65. The van der Waals surface area contributed by atoms with E-state index < -0.39 is 0 Å². The third kappa shape index (κ3) is 3.52. The largest absolute Gasteiger partial charge is 0.0772 e. The van der Waals surface area contributed by atoms with Gasteiger partial charge in [-0.2, -0.15) is 0 Å². The van der Waals surface area contributed by atoms with E-state index in [0.29, 0.717) is 0 Å². The number of hydrogen-bond acceptors (Lipinski definition) is 0. The van der Waals surface area contributed by atoms with Crippen LogP contribution in [-0.2, 0) is 0 Å². The molecule has 0 amide bonds. The van der Waals surface area contributed by atoms with Crippen LogP contribution in [0.25, 0.3) is 0 Å². The van der Waals surface area contributed by atoms with Gasteiger partial charge in [-0.15, -0.1) is 0 Å². The number of allylic oxidation sites excluding steroid dienone is 4. The van der Waals surface area contributed by atoms with Crippen LogP contribution in [0.3, 0.4) is 0 Å². The van der Waals surface area contributed by atoms with Gasteiger partial charge in [-0.25, -0.2) is 0 Å². The first kappa shape index (κ1) is 11.0. The van der Waals surface area contributed by atoms with Crippen molar-refractivity contribution in [1.29, 1.82) is 0 Å². The maximum Gasteiger partial charge on any atom is -0.0157 e. The molecule has 0 heteroatoms. The molecule has 0 nitrogen and oxygen atoms in total. The summed E-state index contributed by atoms with van der Waals surface area (Å²) in [5.41, 5.74) is 3.38. The summed E-state index contributed by atoms with van der Waals surface area (Å²) in [6.07, 6.45) is 20.5. The third-order valence-electron chi connectivity index (χ3n) is 3.78. The summed E-state index contributed by atoms with van der Waals surface area (Å²) < 4.78 is 0. The summed E-state index contributed by atoms with van der Waals surface area (Å²) in [7, 11) is 0. The predicted molar refractivity (Wildman–Crippen MR) is 67.0 cm³/mol. The van der Waals surface area contributed by atoms with Crippen molar-refractivity contribution in [2.45, 2.75) is 70.6 Å². The predicted octanol–water partition coefficient (Wildman–Crippen LogP) is 5.16. The lowest BCUT2D eigenvalue weighted by Gasteiger charge is -2.10. The molecule has 0 aromatic heterocycles.